The highest BCUT2D eigenvalue weighted by atomic mass is 32.2. The zero-order valence-electron chi connectivity index (χ0n) is 11.3. The number of rotatable bonds is 3. The van der Waals surface area contributed by atoms with E-state index in [1.807, 2.05) is 16.7 Å². The minimum atomic E-state index is -0.525. The topological polar surface area (TPSA) is 49.4 Å². The molecule has 2 amide bonds. The molecule has 1 aliphatic carbocycles. The first kappa shape index (κ1) is 13.3. The van der Waals surface area contributed by atoms with Crippen LogP contribution in [0.3, 0.4) is 0 Å². The van der Waals surface area contributed by atoms with Crippen molar-refractivity contribution in [3.05, 3.63) is 0 Å². The highest BCUT2D eigenvalue weighted by molar-refractivity contribution is 7.99. The Balaban J connectivity index is 1.73. The first-order valence-electron chi connectivity index (χ1n) is 7.41. The van der Waals surface area contributed by atoms with Crippen LogP contribution in [0, 0.1) is 0 Å². The summed E-state index contributed by atoms with van der Waals surface area (Å²) < 4.78 is 0. The van der Waals surface area contributed by atoms with Crippen molar-refractivity contribution in [2.24, 2.45) is 0 Å². The van der Waals surface area contributed by atoms with Gasteiger partial charge in [-0.15, -0.1) is 0 Å². The molecule has 3 aliphatic rings. The summed E-state index contributed by atoms with van der Waals surface area (Å²) in [6.45, 7) is 0.765. The van der Waals surface area contributed by atoms with E-state index in [0.29, 0.717) is 12.5 Å². The van der Waals surface area contributed by atoms with Gasteiger partial charge in [-0.2, -0.15) is 11.8 Å². The number of carbonyl (C=O) groups is 2. The summed E-state index contributed by atoms with van der Waals surface area (Å²) in [4.78, 5) is 26.4. The molecule has 0 aromatic rings. The molecule has 0 aromatic carbocycles. The summed E-state index contributed by atoms with van der Waals surface area (Å²) in [7, 11) is 0. The molecule has 1 saturated carbocycles. The predicted molar refractivity (Wildman–Crippen MR) is 76.0 cm³/mol. The number of carbonyl (C=O) groups excluding carboxylic acids is 2. The lowest BCUT2D eigenvalue weighted by atomic mass is 9.85. The van der Waals surface area contributed by atoms with Crippen molar-refractivity contribution in [1.29, 1.82) is 0 Å². The van der Waals surface area contributed by atoms with E-state index in [2.05, 4.69) is 5.32 Å². The standard InChI is InChI=1S/C14H22N2O2S/c17-12-5-8-16(12)14(6-9-19-10-7-14)13(18)15-11-3-1-2-4-11/h11H,1-10H2,(H,15,18). The maximum absolute atomic E-state index is 12.7. The van der Waals surface area contributed by atoms with Gasteiger partial charge in [-0.25, -0.2) is 0 Å². The smallest absolute Gasteiger partial charge is 0.246 e. The maximum Gasteiger partial charge on any atom is 0.246 e. The third kappa shape index (κ3) is 2.37. The Labute approximate surface area is 118 Å². The van der Waals surface area contributed by atoms with Gasteiger partial charge in [0.15, 0.2) is 0 Å². The normalized spacial score (nSPS) is 27.2. The number of hydrogen-bond donors (Lipinski definition) is 1. The van der Waals surface area contributed by atoms with E-state index < -0.39 is 5.54 Å². The molecule has 2 aliphatic heterocycles. The van der Waals surface area contributed by atoms with Crippen molar-refractivity contribution < 1.29 is 9.59 Å². The number of nitrogens with zero attached hydrogens (tertiary/aromatic N) is 1. The van der Waals surface area contributed by atoms with Crippen LogP contribution in [0.1, 0.15) is 44.9 Å². The number of amides is 2. The second-order valence-corrected chi connectivity index (χ2v) is 7.12. The Morgan fingerprint density at radius 1 is 1.26 bits per heavy atom. The zero-order valence-corrected chi connectivity index (χ0v) is 12.1. The van der Waals surface area contributed by atoms with Crippen molar-refractivity contribution in [1.82, 2.24) is 10.2 Å². The van der Waals surface area contributed by atoms with Gasteiger partial charge in [0.05, 0.1) is 0 Å². The Morgan fingerprint density at radius 2 is 1.95 bits per heavy atom. The molecule has 4 nitrogen and oxygen atoms in total. The molecule has 2 saturated heterocycles. The van der Waals surface area contributed by atoms with Crippen molar-refractivity contribution in [3.8, 4) is 0 Å². The Bertz CT molecular complexity index is 374. The van der Waals surface area contributed by atoms with Crippen molar-refractivity contribution in [2.45, 2.75) is 56.5 Å². The average molecular weight is 282 g/mol. The van der Waals surface area contributed by atoms with Crippen LogP contribution in [0.25, 0.3) is 0 Å². The lowest BCUT2D eigenvalue weighted by molar-refractivity contribution is -0.158. The molecule has 0 aromatic heterocycles. The lowest BCUT2D eigenvalue weighted by Gasteiger charge is -2.49. The van der Waals surface area contributed by atoms with Crippen LogP contribution in [-0.4, -0.2) is 46.3 Å². The van der Waals surface area contributed by atoms with Gasteiger partial charge in [-0.05, 0) is 37.2 Å². The summed E-state index contributed by atoms with van der Waals surface area (Å²) in [5.41, 5.74) is -0.525. The quantitative estimate of drug-likeness (QED) is 0.799. The number of β-lactam (4-membered cyclic amide) rings is 1. The SMILES string of the molecule is O=C1CCN1C1(C(=O)NC2CCCC2)CCSCC1. The largest absolute Gasteiger partial charge is 0.351 e. The highest BCUT2D eigenvalue weighted by Gasteiger charge is 2.50. The summed E-state index contributed by atoms with van der Waals surface area (Å²) in [6.07, 6.45) is 6.90. The van der Waals surface area contributed by atoms with Gasteiger partial charge in [0, 0.05) is 19.0 Å². The van der Waals surface area contributed by atoms with E-state index in [0.717, 1.165) is 43.7 Å². The monoisotopic (exact) mass is 282 g/mol. The summed E-state index contributed by atoms with van der Waals surface area (Å²) >= 11 is 1.89. The molecule has 2 heterocycles. The average Bonchev–Trinajstić information content (AvgIpc) is 2.91. The molecule has 0 bridgehead atoms. The van der Waals surface area contributed by atoms with E-state index in [1.54, 1.807) is 0 Å². The van der Waals surface area contributed by atoms with Gasteiger partial charge in [-0.1, -0.05) is 12.8 Å². The van der Waals surface area contributed by atoms with E-state index in [9.17, 15) is 9.59 Å². The molecule has 5 heteroatoms. The molecular weight excluding hydrogens is 260 g/mol. The van der Waals surface area contributed by atoms with Crippen LogP contribution in [0.4, 0.5) is 0 Å². The predicted octanol–water partition coefficient (Wildman–Crippen LogP) is 1.54. The van der Waals surface area contributed by atoms with E-state index in [-0.39, 0.29) is 11.8 Å². The third-order valence-electron chi connectivity index (χ3n) is 4.80. The number of likely N-dealkylation sites (tertiary alicyclic amines) is 1. The molecule has 0 radical (unpaired) electrons. The molecular formula is C14H22N2O2S. The van der Waals surface area contributed by atoms with E-state index in [1.165, 1.54) is 12.8 Å². The second kappa shape index (κ2) is 5.35. The van der Waals surface area contributed by atoms with Gasteiger partial charge in [-0.3, -0.25) is 9.59 Å². The van der Waals surface area contributed by atoms with Gasteiger partial charge in [0.2, 0.25) is 11.8 Å². The molecule has 0 spiro atoms. The maximum atomic E-state index is 12.7. The van der Waals surface area contributed by atoms with Gasteiger partial charge >= 0.3 is 0 Å². The fourth-order valence-corrected chi connectivity index (χ4v) is 4.65. The second-order valence-electron chi connectivity index (χ2n) is 5.89. The summed E-state index contributed by atoms with van der Waals surface area (Å²) in [5, 5.41) is 3.22. The van der Waals surface area contributed by atoms with E-state index in [4.69, 9.17) is 0 Å². The molecule has 106 valence electrons. The minimum Gasteiger partial charge on any atom is -0.351 e. The third-order valence-corrected chi connectivity index (χ3v) is 5.79. The Kier molecular flexibility index (Phi) is 3.74. The number of thioether (sulfide) groups is 1. The van der Waals surface area contributed by atoms with Crippen LogP contribution in [0.15, 0.2) is 0 Å². The highest BCUT2D eigenvalue weighted by Crippen LogP contribution is 2.36. The molecule has 1 N–H and O–H groups in total. The molecule has 19 heavy (non-hydrogen) atoms. The van der Waals surface area contributed by atoms with E-state index >= 15 is 0 Å². The van der Waals surface area contributed by atoms with Crippen LogP contribution in [0.5, 0.6) is 0 Å². The Hall–Kier alpha value is -0.710. The van der Waals surface area contributed by atoms with Crippen LogP contribution >= 0.6 is 11.8 Å². The summed E-state index contributed by atoms with van der Waals surface area (Å²) in [5.74, 6) is 2.25. The molecule has 3 rings (SSSR count). The van der Waals surface area contributed by atoms with Gasteiger partial charge < -0.3 is 10.2 Å². The van der Waals surface area contributed by atoms with Crippen molar-refractivity contribution >= 4 is 23.6 Å². The van der Waals surface area contributed by atoms with Gasteiger partial charge in [0.1, 0.15) is 5.54 Å². The van der Waals surface area contributed by atoms with Crippen LogP contribution < -0.4 is 5.32 Å². The molecule has 0 unspecified atom stereocenters. The minimum absolute atomic E-state index is 0.118. The Morgan fingerprint density at radius 3 is 2.47 bits per heavy atom. The van der Waals surface area contributed by atoms with Gasteiger partial charge in [0.25, 0.3) is 0 Å². The molecule has 3 fully saturated rings. The summed E-state index contributed by atoms with van der Waals surface area (Å²) in [6, 6.07) is 0.343. The van der Waals surface area contributed by atoms with Crippen LogP contribution in [0.2, 0.25) is 0 Å². The fourth-order valence-electron chi connectivity index (χ4n) is 3.49. The number of nitrogens with one attached hydrogen (secondary N) is 1. The first-order chi connectivity index (χ1) is 9.22. The first-order valence-corrected chi connectivity index (χ1v) is 8.57. The zero-order chi connectivity index (χ0) is 13.3. The molecule has 0 atom stereocenters. The van der Waals surface area contributed by atoms with Crippen molar-refractivity contribution in [3.63, 3.8) is 0 Å². The van der Waals surface area contributed by atoms with Crippen LogP contribution in [-0.2, 0) is 9.59 Å². The van der Waals surface area contributed by atoms with Crippen molar-refractivity contribution in [2.75, 3.05) is 18.1 Å². The fraction of sp³-hybridized carbons (Fsp3) is 0.857. The number of hydrogen-bond acceptors (Lipinski definition) is 3. The lowest BCUT2D eigenvalue weighted by Crippen LogP contribution is -2.67.